The van der Waals surface area contributed by atoms with Gasteiger partial charge in [-0.3, -0.25) is 10.1 Å². The molecule has 0 saturated carbocycles. The number of non-ortho nitro benzene ring substituents is 1. The van der Waals surface area contributed by atoms with Gasteiger partial charge in [-0.1, -0.05) is 13.0 Å². The van der Waals surface area contributed by atoms with Crippen LogP contribution in [0.1, 0.15) is 39.5 Å². The average molecular weight is 395 g/mol. The Morgan fingerprint density at radius 3 is 2.90 bits per heavy atom. The van der Waals surface area contributed by atoms with E-state index in [4.69, 9.17) is 9.97 Å². The Bertz CT molecular complexity index is 1030. The number of benzene rings is 1. The molecule has 0 amide bonds. The molecule has 9 heteroatoms. The van der Waals surface area contributed by atoms with Crippen molar-refractivity contribution in [1.82, 2.24) is 19.5 Å². The molecule has 9 nitrogen and oxygen atoms in total. The fraction of sp³-hybridized carbons (Fsp3) is 0.450. The van der Waals surface area contributed by atoms with Crippen LogP contribution >= 0.6 is 0 Å². The summed E-state index contributed by atoms with van der Waals surface area (Å²) in [6, 6.07) is 6.83. The minimum Gasteiger partial charge on any atom is -0.338 e. The third kappa shape index (κ3) is 3.72. The number of nitro benzene ring substituents is 1. The molecule has 152 valence electrons. The van der Waals surface area contributed by atoms with E-state index in [1.54, 1.807) is 18.5 Å². The molecule has 0 bridgehead atoms. The number of hydrogen-bond acceptors (Lipinski definition) is 7. The van der Waals surface area contributed by atoms with Gasteiger partial charge in [-0.25, -0.2) is 4.98 Å². The highest BCUT2D eigenvalue weighted by molar-refractivity contribution is 5.86. The topological polar surface area (TPSA) is 102 Å². The van der Waals surface area contributed by atoms with Crippen LogP contribution in [0, 0.1) is 10.1 Å². The second-order valence-electron chi connectivity index (χ2n) is 7.26. The number of fused-ring (bicyclic) bond motifs is 1. The van der Waals surface area contributed by atoms with Gasteiger partial charge in [-0.2, -0.15) is 9.97 Å². The van der Waals surface area contributed by atoms with E-state index in [0.717, 1.165) is 38.0 Å². The molecule has 1 aliphatic heterocycles. The zero-order chi connectivity index (χ0) is 20.4. The van der Waals surface area contributed by atoms with Crippen molar-refractivity contribution in [3.63, 3.8) is 0 Å². The number of nitrogens with one attached hydrogen (secondary N) is 1. The predicted molar refractivity (Wildman–Crippen MR) is 113 cm³/mol. The minimum atomic E-state index is -0.405. The molecule has 0 radical (unpaired) electrons. The van der Waals surface area contributed by atoms with Crippen molar-refractivity contribution < 1.29 is 4.92 Å². The van der Waals surface area contributed by atoms with Gasteiger partial charge in [0.1, 0.15) is 0 Å². The van der Waals surface area contributed by atoms with Crippen LogP contribution in [-0.4, -0.2) is 37.0 Å². The Hall–Kier alpha value is -3.23. The van der Waals surface area contributed by atoms with Gasteiger partial charge in [0.25, 0.3) is 5.69 Å². The number of aryl methyl sites for hydroxylation is 1. The summed E-state index contributed by atoms with van der Waals surface area (Å²) in [6.07, 6.45) is 6.29. The van der Waals surface area contributed by atoms with Gasteiger partial charge in [0.15, 0.2) is 17.0 Å². The van der Waals surface area contributed by atoms with E-state index in [1.807, 2.05) is 11.5 Å². The summed E-state index contributed by atoms with van der Waals surface area (Å²) in [7, 11) is 0. The van der Waals surface area contributed by atoms with Crippen LogP contribution in [-0.2, 0) is 6.54 Å². The molecule has 0 unspecified atom stereocenters. The lowest BCUT2D eigenvalue weighted by Gasteiger charge is -2.35. The molecule has 1 aromatic carbocycles. The Morgan fingerprint density at radius 2 is 2.14 bits per heavy atom. The zero-order valence-corrected chi connectivity index (χ0v) is 16.7. The van der Waals surface area contributed by atoms with Crippen LogP contribution in [0.2, 0.25) is 0 Å². The van der Waals surface area contributed by atoms with Gasteiger partial charge < -0.3 is 14.8 Å². The number of piperidine rings is 1. The summed E-state index contributed by atoms with van der Waals surface area (Å²) in [5.41, 5.74) is 2.06. The highest BCUT2D eigenvalue weighted by Crippen LogP contribution is 2.30. The number of nitro groups is 1. The molecule has 29 heavy (non-hydrogen) atoms. The first-order valence-electron chi connectivity index (χ1n) is 10.1. The highest BCUT2D eigenvalue weighted by atomic mass is 16.6. The molecule has 3 aromatic rings. The smallest absolute Gasteiger partial charge is 0.271 e. The van der Waals surface area contributed by atoms with Crippen LogP contribution in [0.15, 0.2) is 30.6 Å². The molecule has 1 fully saturated rings. The summed E-state index contributed by atoms with van der Waals surface area (Å²) >= 11 is 0. The monoisotopic (exact) mass is 395 g/mol. The second-order valence-corrected chi connectivity index (χ2v) is 7.26. The lowest BCUT2D eigenvalue weighted by Crippen LogP contribution is -2.40. The van der Waals surface area contributed by atoms with Gasteiger partial charge in [0.05, 0.1) is 11.3 Å². The van der Waals surface area contributed by atoms with Crippen LogP contribution in [0.3, 0.4) is 0 Å². The predicted octanol–water partition coefficient (Wildman–Crippen LogP) is 4.27. The van der Waals surface area contributed by atoms with E-state index in [9.17, 15) is 10.1 Å². The average Bonchev–Trinajstić information content (AvgIpc) is 3.17. The molecule has 2 aromatic heterocycles. The van der Waals surface area contributed by atoms with Crippen molar-refractivity contribution in [3.8, 4) is 0 Å². The third-order valence-corrected chi connectivity index (χ3v) is 5.47. The van der Waals surface area contributed by atoms with Gasteiger partial charge in [0.2, 0.25) is 5.95 Å². The second kappa shape index (κ2) is 8.02. The van der Waals surface area contributed by atoms with E-state index in [-0.39, 0.29) is 5.69 Å². The molecule has 4 rings (SSSR count). The van der Waals surface area contributed by atoms with Crippen molar-refractivity contribution in [2.45, 2.75) is 52.1 Å². The van der Waals surface area contributed by atoms with Crippen molar-refractivity contribution in [2.24, 2.45) is 0 Å². The summed E-state index contributed by atoms with van der Waals surface area (Å²) in [6.45, 7) is 5.92. The largest absolute Gasteiger partial charge is 0.338 e. The number of imidazole rings is 1. The Balaban J connectivity index is 1.79. The molecule has 1 aliphatic rings. The lowest BCUT2D eigenvalue weighted by molar-refractivity contribution is -0.384. The number of aromatic nitrogens is 4. The molecule has 0 aliphatic carbocycles. The van der Waals surface area contributed by atoms with Crippen molar-refractivity contribution >= 4 is 34.3 Å². The molecular formula is C20H25N7O2. The van der Waals surface area contributed by atoms with Crippen molar-refractivity contribution in [2.75, 3.05) is 16.8 Å². The number of nitrogens with zero attached hydrogens (tertiary/aromatic N) is 6. The fourth-order valence-corrected chi connectivity index (χ4v) is 3.90. The van der Waals surface area contributed by atoms with Gasteiger partial charge in [-0.15, -0.1) is 0 Å². The SMILES string of the molecule is CC[C@@H]1CCCCN1c1nc(Nc2cccc([N+](=O)[O-])c2)c2ncn(CC)c2n1. The third-order valence-electron chi connectivity index (χ3n) is 5.47. The first-order valence-corrected chi connectivity index (χ1v) is 10.1. The maximum Gasteiger partial charge on any atom is 0.271 e. The molecule has 0 spiro atoms. The van der Waals surface area contributed by atoms with Crippen LogP contribution < -0.4 is 10.2 Å². The van der Waals surface area contributed by atoms with Gasteiger partial charge in [-0.05, 0) is 38.7 Å². The number of anilines is 3. The Labute approximate surface area is 168 Å². The van der Waals surface area contributed by atoms with Crippen molar-refractivity contribution in [1.29, 1.82) is 0 Å². The normalized spacial score (nSPS) is 16.9. The Kier molecular flexibility index (Phi) is 5.28. The molecular weight excluding hydrogens is 370 g/mol. The first-order chi connectivity index (χ1) is 14.1. The molecule has 3 heterocycles. The minimum absolute atomic E-state index is 0.0293. The quantitative estimate of drug-likeness (QED) is 0.491. The van der Waals surface area contributed by atoms with Crippen LogP contribution in [0.25, 0.3) is 11.2 Å². The number of hydrogen-bond donors (Lipinski definition) is 1. The summed E-state index contributed by atoms with van der Waals surface area (Å²) in [5, 5.41) is 14.4. The standard InChI is InChI=1S/C20H25N7O2/c1-3-15-9-5-6-11-26(15)20-23-18(17-19(24-20)25(4-2)13-21-17)22-14-8-7-10-16(12-14)27(28)29/h7-8,10,12-13,15H,3-6,9,11H2,1-2H3,(H,22,23,24)/t15-/m1/s1. The van der Waals surface area contributed by atoms with Gasteiger partial charge in [0, 0.05) is 37.0 Å². The van der Waals surface area contributed by atoms with E-state index >= 15 is 0 Å². The van der Waals surface area contributed by atoms with E-state index in [0.29, 0.717) is 29.0 Å². The van der Waals surface area contributed by atoms with Crippen LogP contribution in [0.4, 0.5) is 23.1 Å². The number of rotatable bonds is 6. The Morgan fingerprint density at radius 1 is 1.28 bits per heavy atom. The molecule has 1 saturated heterocycles. The van der Waals surface area contributed by atoms with E-state index in [1.165, 1.54) is 18.6 Å². The van der Waals surface area contributed by atoms with E-state index < -0.39 is 4.92 Å². The lowest BCUT2D eigenvalue weighted by atomic mass is 10.0. The summed E-state index contributed by atoms with van der Waals surface area (Å²) in [4.78, 5) is 27.1. The summed E-state index contributed by atoms with van der Waals surface area (Å²) in [5.74, 6) is 1.25. The van der Waals surface area contributed by atoms with E-state index in [2.05, 4.69) is 22.1 Å². The highest BCUT2D eigenvalue weighted by Gasteiger charge is 2.25. The van der Waals surface area contributed by atoms with Crippen LogP contribution in [0.5, 0.6) is 0 Å². The van der Waals surface area contributed by atoms with Crippen molar-refractivity contribution in [3.05, 3.63) is 40.7 Å². The first kappa shape index (κ1) is 19.1. The molecule has 1 N–H and O–H groups in total. The zero-order valence-electron chi connectivity index (χ0n) is 16.7. The maximum absolute atomic E-state index is 11.1. The van der Waals surface area contributed by atoms with Gasteiger partial charge >= 0.3 is 0 Å². The maximum atomic E-state index is 11.1. The fourth-order valence-electron chi connectivity index (χ4n) is 3.90. The summed E-state index contributed by atoms with van der Waals surface area (Å²) < 4.78 is 1.99. The molecule has 1 atom stereocenters.